The van der Waals surface area contributed by atoms with Gasteiger partial charge in [-0.25, -0.2) is 4.79 Å². The molecular weight excluding hydrogens is 323 g/mol. The fourth-order valence-electron chi connectivity index (χ4n) is 3.13. The molecule has 0 bridgehead atoms. The molecule has 1 N–H and O–H groups in total. The maximum Gasteiger partial charge on any atom is 0.317 e. The average molecular weight is 343 g/mol. The van der Waals surface area contributed by atoms with Crippen LogP contribution in [0, 0.1) is 0 Å². The summed E-state index contributed by atoms with van der Waals surface area (Å²) in [6.07, 6.45) is 4.40. The molecule has 1 atom stereocenters. The first-order valence-corrected chi connectivity index (χ1v) is 8.50. The van der Waals surface area contributed by atoms with E-state index in [1.165, 1.54) is 12.8 Å². The Morgan fingerprint density at radius 1 is 1.18 bits per heavy atom. The topological polar surface area (TPSA) is 41.6 Å². The highest BCUT2D eigenvalue weighted by atomic mass is 35.5. The van der Waals surface area contributed by atoms with E-state index in [0.717, 1.165) is 18.4 Å². The van der Waals surface area contributed by atoms with Gasteiger partial charge < -0.3 is 15.0 Å². The molecule has 0 aromatic heterocycles. The summed E-state index contributed by atoms with van der Waals surface area (Å²) in [6.45, 7) is 1.66. The second-order valence-electron chi connectivity index (χ2n) is 5.94. The average Bonchev–Trinajstić information content (AvgIpc) is 2.99. The Labute approximate surface area is 140 Å². The highest BCUT2D eigenvalue weighted by Crippen LogP contribution is 2.28. The zero-order valence-electron chi connectivity index (χ0n) is 12.4. The minimum absolute atomic E-state index is 0.00771. The number of benzene rings is 1. The predicted octanol–water partition coefficient (Wildman–Crippen LogP) is 4.02. The summed E-state index contributed by atoms with van der Waals surface area (Å²) in [5.74, 6) is 0. The van der Waals surface area contributed by atoms with Gasteiger partial charge in [0.05, 0.1) is 13.2 Å². The van der Waals surface area contributed by atoms with Crippen LogP contribution in [0.1, 0.15) is 37.4 Å². The highest BCUT2D eigenvalue weighted by molar-refractivity contribution is 6.34. The van der Waals surface area contributed by atoms with Crippen molar-refractivity contribution in [2.45, 2.75) is 37.8 Å². The van der Waals surface area contributed by atoms with E-state index in [1.807, 2.05) is 17.0 Å². The van der Waals surface area contributed by atoms with Crippen molar-refractivity contribution in [2.24, 2.45) is 0 Å². The molecule has 2 aliphatic rings. The van der Waals surface area contributed by atoms with E-state index >= 15 is 0 Å². The zero-order chi connectivity index (χ0) is 15.5. The van der Waals surface area contributed by atoms with Crippen LogP contribution in [0.5, 0.6) is 0 Å². The molecule has 2 fully saturated rings. The lowest BCUT2D eigenvalue weighted by Gasteiger charge is -2.34. The van der Waals surface area contributed by atoms with E-state index in [4.69, 9.17) is 27.9 Å². The fraction of sp³-hybridized carbons (Fsp3) is 0.562. The standard InChI is InChI=1S/C16H20Cl2N2O2/c17-12-7-11(8-13(18)9-12)15-10-20(5-6-22-15)16(21)19-14-3-1-2-4-14/h7-9,14-15H,1-6,10H2,(H,19,21). The van der Waals surface area contributed by atoms with Gasteiger partial charge in [-0.1, -0.05) is 36.0 Å². The number of hydrogen-bond acceptors (Lipinski definition) is 2. The van der Waals surface area contributed by atoms with Gasteiger partial charge in [-0.3, -0.25) is 0 Å². The first-order valence-electron chi connectivity index (χ1n) is 7.75. The Hall–Kier alpha value is -0.970. The molecule has 1 heterocycles. The molecule has 2 amide bonds. The first-order chi connectivity index (χ1) is 10.6. The maximum absolute atomic E-state index is 12.4. The lowest BCUT2D eigenvalue weighted by molar-refractivity contribution is -0.0157. The molecule has 4 nitrogen and oxygen atoms in total. The van der Waals surface area contributed by atoms with Gasteiger partial charge in [0.15, 0.2) is 0 Å². The second kappa shape index (κ2) is 7.07. The minimum atomic E-state index is -0.181. The normalized spacial score (nSPS) is 22.8. The van der Waals surface area contributed by atoms with Gasteiger partial charge in [-0.05, 0) is 36.6 Å². The van der Waals surface area contributed by atoms with Crippen LogP contribution < -0.4 is 5.32 Å². The molecule has 0 radical (unpaired) electrons. The summed E-state index contributed by atoms with van der Waals surface area (Å²) in [6, 6.07) is 5.72. The van der Waals surface area contributed by atoms with E-state index in [1.54, 1.807) is 6.07 Å². The molecule has 1 saturated heterocycles. The summed E-state index contributed by atoms with van der Waals surface area (Å²) in [5, 5.41) is 4.29. The number of rotatable bonds is 2. The SMILES string of the molecule is O=C(NC1CCCC1)N1CCOC(c2cc(Cl)cc(Cl)c2)C1. The van der Waals surface area contributed by atoms with Crippen LogP contribution in [-0.2, 0) is 4.74 Å². The van der Waals surface area contributed by atoms with Crippen molar-refractivity contribution in [3.63, 3.8) is 0 Å². The quantitative estimate of drug-likeness (QED) is 0.881. The molecule has 1 aliphatic heterocycles. The second-order valence-corrected chi connectivity index (χ2v) is 6.81. The number of urea groups is 1. The van der Waals surface area contributed by atoms with Crippen molar-refractivity contribution in [3.05, 3.63) is 33.8 Å². The maximum atomic E-state index is 12.4. The molecule has 3 rings (SSSR count). The Balaban J connectivity index is 1.64. The molecule has 1 saturated carbocycles. The number of nitrogens with zero attached hydrogens (tertiary/aromatic N) is 1. The number of carbonyl (C=O) groups excluding carboxylic acids is 1. The van der Waals surface area contributed by atoms with Crippen molar-refractivity contribution in [1.29, 1.82) is 0 Å². The van der Waals surface area contributed by atoms with Crippen molar-refractivity contribution < 1.29 is 9.53 Å². The van der Waals surface area contributed by atoms with Crippen LogP contribution >= 0.6 is 23.2 Å². The van der Waals surface area contributed by atoms with Gasteiger partial charge in [-0.15, -0.1) is 0 Å². The molecule has 1 unspecified atom stereocenters. The Bertz CT molecular complexity index is 527. The predicted molar refractivity (Wildman–Crippen MR) is 87.5 cm³/mol. The Morgan fingerprint density at radius 2 is 1.86 bits per heavy atom. The number of amides is 2. The number of carbonyl (C=O) groups is 1. The molecule has 0 spiro atoms. The van der Waals surface area contributed by atoms with Crippen LogP contribution in [0.4, 0.5) is 4.79 Å². The molecular formula is C16H20Cl2N2O2. The van der Waals surface area contributed by atoms with Gasteiger partial charge in [0, 0.05) is 22.6 Å². The number of halogens is 2. The zero-order valence-corrected chi connectivity index (χ0v) is 13.9. The van der Waals surface area contributed by atoms with E-state index < -0.39 is 0 Å². The van der Waals surface area contributed by atoms with E-state index in [9.17, 15) is 4.79 Å². The first kappa shape index (κ1) is 15.9. The summed E-state index contributed by atoms with van der Waals surface area (Å²) in [5.41, 5.74) is 0.913. The van der Waals surface area contributed by atoms with Crippen molar-refractivity contribution in [2.75, 3.05) is 19.7 Å². The van der Waals surface area contributed by atoms with E-state index in [0.29, 0.717) is 35.8 Å². The number of ether oxygens (including phenoxy) is 1. The lowest BCUT2D eigenvalue weighted by atomic mass is 10.1. The molecule has 1 aromatic rings. The van der Waals surface area contributed by atoms with Gasteiger partial charge in [0.25, 0.3) is 0 Å². The van der Waals surface area contributed by atoms with Crippen LogP contribution in [0.3, 0.4) is 0 Å². The minimum Gasteiger partial charge on any atom is -0.370 e. The molecule has 1 aromatic carbocycles. The summed E-state index contributed by atoms with van der Waals surface area (Å²) >= 11 is 12.1. The van der Waals surface area contributed by atoms with Gasteiger partial charge >= 0.3 is 6.03 Å². The molecule has 120 valence electrons. The van der Waals surface area contributed by atoms with Crippen LogP contribution in [0.2, 0.25) is 10.0 Å². The molecule has 6 heteroatoms. The number of morpholine rings is 1. The van der Waals surface area contributed by atoms with Crippen molar-refractivity contribution >= 4 is 29.2 Å². The monoisotopic (exact) mass is 342 g/mol. The third-order valence-corrected chi connectivity index (χ3v) is 4.73. The van der Waals surface area contributed by atoms with Gasteiger partial charge in [0.1, 0.15) is 6.10 Å². The molecule has 22 heavy (non-hydrogen) atoms. The summed E-state index contributed by atoms with van der Waals surface area (Å²) in [4.78, 5) is 14.2. The smallest absolute Gasteiger partial charge is 0.317 e. The lowest BCUT2D eigenvalue weighted by Crippen LogP contribution is -2.49. The van der Waals surface area contributed by atoms with E-state index in [2.05, 4.69) is 5.32 Å². The number of nitrogens with one attached hydrogen (secondary N) is 1. The Morgan fingerprint density at radius 3 is 2.55 bits per heavy atom. The van der Waals surface area contributed by atoms with Gasteiger partial charge in [-0.2, -0.15) is 0 Å². The van der Waals surface area contributed by atoms with E-state index in [-0.39, 0.29) is 12.1 Å². The van der Waals surface area contributed by atoms with Crippen molar-refractivity contribution in [1.82, 2.24) is 10.2 Å². The third kappa shape index (κ3) is 3.86. The van der Waals surface area contributed by atoms with Crippen LogP contribution in [-0.4, -0.2) is 36.7 Å². The molecule has 1 aliphatic carbocycles. The van der Waals surface area contributed by atoms with Crippen LogP contribution in [0.15, 0.2) is 18.2 Å². The number of hydrogen-bond donors (Lipinski definition) is 1. The largest absolute Gasteiger partial charge is 0.370 e. The fourth-order valence-corrected chi connectivity index (χ4v) is 3.68. The van der Waals surface area contributed by atoms with Gasteiger partial charge in [0.2, 0.25) is 0 Å². The summed E-state index contributed by atoms with van der Waals surface area (Å²) < 4.78 is 5.79. The van der Waals surface area contributed by atoms with Crippen molar-refractivity contribution in [3.8, 4) is 0 Å². The van der Waals surface area contributed by atoms with Crippen LogP contribution in [0.25, 0.3) is 0 Å². The third-order valence-electron chi connectivity index (χ3n) is 4.29. The highest BCUT2D eigenvalue weighted by Gasteiger charge is 2.27. The summed E-state index contributed by atoms with van der Waals surface area (Å²) in [7, 11) is 0. The Kier molecular flexibility index (Phi) is 5.11.